The van der Waals surface area contributed by atoms with Crippen LogP contribution in [0.5, 0.6) is 0 Å². The topological polar surface area (TPSA) is 67.2 Å². The second kappa shape index (κ2) is 8.43. The summed E-state index contributed by atoms with van der Waals surface area (Å²) < 4.78 is 1.78. The second-order valence-electron chi connectivity index (χ2n) is 8.33. The molecule has 4 rings (SSSR count). The van der Waals surface area contributed by atoms with Crippen molar-refractivity contribution in [3.8, 4) is 0 Å². The van der Waals surface area contributed by atoms with Crippen molar-refractivity contribution in [2.45, 2.75) is 52.0 Å². The first kappa shape index (κ1) is 19.1. The first-order valence-corrected chi connectivity index (χ1v) is 10.7. The number of aromatic nitrogens is 2. The van der Waals surface area contributed by atoms with Crippen molar-refractivity contribution in [3.05, 3.63) is 39.9 Å². The molecule has 1 saturated heterocycles. The molecular formula is C22H30N4O2. The molecule has 0 radical (unpaired) electrons. The first-order chi connectivity index (χ1) is 13.6. The van der Waals surface area contributed by atoms with E-state index in [9.17, 15) is 9.59 Å². The minimum atomic E-state index is -0.0893. The number of benzene rings is 1. The van der Waals surface area contributed by atoms with Crippen LogP contribution in [0.4, 0.5) is 0 Å². The number of likely N-dealkylation sites (tertiary alicyclic amines) is 1. The molecule has 1 aromatic heterocycles. The largest absolute Gasteiger partial charge is 0.352 e. The van der Waals surface area contributed by atoms with Crippen molar-refractivity contribution < 1.29 is 4.79 Å². The van der Waals surface area contributed by atoms with Gasteiger partial charge < -0.3 is 10.2 Å². The molecule has 150 valence electrons. The number of piperidine rings is 1. The van der Waals surface area contributed by atoms with E-state index in [-0.39, 0.29) is 11.5 Å². The zero-order valence-electron chi connectivity index (χ0n) is 16.7. The zero-order valence-corrected chi connectivity index (χ0v) is 16.7. The van der Waals surface area contributed by atoms with Gasteiger partial charge in [0.15, 0.2) is 0 Å². The molecule has 0 unspecified atom stereocenters. The van der Waals surface area contributed by atoms with Crippen LogP contribution < -0.4 is 10.9 Å². The van der Waals surface area contributed by atoms with Crippen molar-refractivity contribution in [2.75, 3.05) is 26.2 Å². The Morgan fingerprint density at radius 3 is 3.00 bits per heavy atom. The van der Waals surface area contributed by atoms with E-state index in [4.69, 9.17) is 0 Å². The van der Waals surface area contributed by atoms with Crippen LogP contribution in [0.15, 0.2) is 23.0 Å². The highest BCUT2D eigenvalue weighted by atomic mass is 16.1. The van der Waals surface area contributed by atoms with Crippen LogP contribution in [-0.2, 0) is 13.0 Å². The van der Waals surface area contributed by atoms with Gasteiger partial charge in [0.1, 0.15) is 5.82 Å². The molecule has 0 saturated carbocycles. The van der Waals surface area contributed by atoms with E-state index >= 15 is 0 Å². The fraction of sp³-hybridized carbons (Fsp3) is 0.591. The summed E-state index contributed by atoms with van der Waals surface area (Å²) in [6.45, 7) is 7.10. The van der Waals surface area contributed by atoms with E-state index in [2.05, 4.69) is 22.1 Å². The van der Waals surface area contributed by atoms with Crippen molar-refractivity contribution in [3.63, 3.8) is 0 Å². The third kappa shape index (κ3) is 4.12. The summed E-state index contributed by atoms with van der Waals surface area (Å²) >= 11 is 0. The Hall–Kier alpha value is -2.21. The summed E-state index contributed by atoms with van der Waals surface area (Å²) in [6.07, 6.45) is 6.48. The molecule has 0 spiro atoms. The second-order valence-corrected chi connectivity index (χ2v) is 8.33. The van der Waals surface area contributed by atoms with Gasteiger partial charge in [0.25, 0.3) is 11.5 Å². The van der Waals surface area contributed by atoms with E-state index < -0.39 is 0 Å². The fourth-order valence-electron chi connectivity index (χ4n) is 4.48. The third-order valence-electron chi connectivity index (χ3n) is 6.01. The molecule has 2 aromatic rings. The lowest BCUT2D eigenvalue weighted by atomic mass is 10.0. The standard InChI is InChI=1S/C22H30N4O2/c1-16-6-4-11-25(15-16)12-5-10-23-21(27)17-8-9-18-19(14-17)24-20-7-2-3-13-26(20)22(18)28/h8-9,14,16H,2-7,10-13,15H2,1H3,(H,23,27)/t16-/m1/s1. The summed E-state index contributed by atoms with van der Waals surface area (Å²) in [6, 6.07) is 5.24. The summed E-state index contributed by atoms with van der Waals surface area (Å²) in [7, 11) is 0. The molecule has 0 aliphatic carbocycles. The monoisotopic (exact) mass is 382 g/mol. The van der Waals surface area contributed by atoms with Gasteiger partial charge in [0.05, 0.1) is 10.9 Å². The van der Waals surface area contributed by atoms with E-state index in [1.165, 1.54) is 25.9 Å². The van der Waals surface area contributed by atoms with E-state index in [1.807, 2.05) is 0 Å². The number of amides is 1. The Labute approximate surface area is 165 Å². The van der Waals surface area contributed by atoms with Gasteiger partial charge in [-0.15, -0.1) is 0 Å². The Bertz CT molecular complexity index is 921. The maximum absolute atomic E-state index is 12.7. The maximum Gasteiger partial charge on any atom is 0.261 e. The smallest absolute Gasteiger partial charge is 0.261 e. The van der Waals surface area contributed by atoms with Crippen LogP contribution in [-0.4, -0.2) is 46.5 Å². The van der Waals surface area contributed by atoms with Gasteiger partial charge in [-0.05, 0) is 69.3 Å². The zero-order chi connectivity index (χ0) is 19.5. The average Bonchev–Trinajstić information content (AvgIpc) is 2.71. The van der Waals surface area contributed by atoms with Crippen LogP contribution in [0.25, 0.3) is 10.9 Å². The molecule has 1 N–H and O–H groups in total. The molecular weight excluding hydrogens is 352 g/mol. The fourth-order valence-corrected chi connectivity index (χ4v) is 4.48. The van der Waals surface area contributed by atoms with E-state index in [1.54, 1.807) is 22.8 Å². The molecule has 2 aliphatic heterocycles. The number of nitrogens with one attached hydrogen (secondary N) is 1. The Morgan fingerprint density at radius 1 is 1.25 bits per heavy atom. The number of nitrogens with zero attached hydrogens (tertiary/aromatic N) is 3. The molecule has 1 fully saturated rings. The average molecular weight is 383 g/mol. The van der Waals surface area contributed by atoms with Crippen molar-refractivity contribution in [1.29, 1.82) is 0 Å². The van der Waals surface area contributed by atoms with Crippen molar-refractivity contribution in [1.82, 2.24) is 19.8 Å². The summed E-state index contributed by atoms with van der Waals surface area (Å²) in [5, 5.41) is 3.61. The van der Waals surface area contributed by atoms with Gasteiger partial charge in [-0.1, -0.05) is 6.92 Å². The predicted molar refractivity (Wildman–Crippen MR) is 111 cm³/mol. The highest BCUT2D eigenvalue weighted by Gasteiger charge is 2.17. The van der Waals surface area contributed by atoms with E-state index in [0.717, 1.165) is 50.5 Å². The van der Waals surface area contributed by atoms with Gasteiger partial charge in [0, 0.05) is 31.6 Å². The predicted octanol–water partition coefficient (Wildman–Crippen LogP) is 2.58. The Morgan fingerprint density at radius 2 is 2.14 bits per heavy atom. The maximum atomic E-state index is 12.7. The number of rotatable bonds is 5. The number of fused-ring (bicyclic) bond motifs is 2. The quantitative estimate of drug-likeness (QED) is 0.807. The number of carbonyl (C=O) groups is 1. The molecule has 3 heterocycles. The highest BCUT2D eigenvalue weighted by Crippen LogP contribution is 2.17. The summed E-state index contributed by atoms with van der Waals surface area (Å²) in [4.78, 5) is 32.3. The van der Waals surface area contributed by atoms with Gasteiger partial charge in [0.2, 0.25) is 0 Å². The number of hydrogen-bond donors (Lipinski definition) is 1. The van der Waals surface area contributed by atoms with Crippen molar-refractivity contribution in [2.24, 2.45) is 5.92 Å². The summed E-state index contributed by atoms with van der Waals surface area (Å²) in [5.74, 6) is 1.54. The van der Waals surface area contributed by atoms with Crippen LogP contribution in [0, 0.1) is 5.92 Å². The number of carbonyl (C=O) groups excluding carboxylic acids is 1. The van der Waals surface area contributed by atoms with Crippen LogP contribution in [0.2, 0.25) is 0 Å². The van der Waals surface area contributed by atoms with E-state index in [0.29, 0.717) is 23.0 Å². The molecule has 2 aliphatic rings. The van der Waals surface area contributed by atoms with Crippen LogP contribution in [0.3, 0.4) is 0 Å². The minimum absolute atomic E-state index is 0.0161. The third-order valence-corrected chi connectivity index (χ3v) is 6.01. The molecule has 1 aromatic carbocycles. The van der Waals surface area contributed by atoms with Crippen molar-refractivity contribution >= 4 is 16.8 Å². The molecule has 6 heteroatoms. The first-order valence-electron chi connectivity index (χ1n) is 10.7. The lowest BCUT2D eigenvalue weighted by molar-refractivity contribution is 0.0950. The Balaban J connectivity index is 1.38. The van der Waals surface area contributed by atoms with Gasteiger partial charge >= 0.3 is 0 Å². The Kier molecular flexibility index (Phi) is 5.76. The van der Waals surface area contributed by atoms with Gasteiger partial charge in [-0.2, -0.15) is 0 Å². The SMILES string of the molecule is C[C@@H]1CCCN(CCCNC(=O)c2ccc3c(=O)n4c(nc3c2)CCCC4)C1. The molecule has 6 nitrogen and oxygen atoms in total. The lowest BCUT2D eigenvalue weighted by Crippen LogP contribution is -2.36. The van der Waals surface area contributed by atoms with Crippen LogP contribution in [0.1, 0.15) is 55.2 Å². The molecule has 28 heavy (non-hydrogen) atoms. The lowest BCUT2D eigenvalue weighted by Gasteiger charge is -2.30. The molecule has 0 bridgehead atoms. The molecule has 1 atom stereocenters. The van der Waals surface area contributed by atoms with Gasteiger partial charge in [-0.3, -0.25) is 14.2 Å². The van der Waals surface area contributed by atoms with Gasteiger partial charge in [-0.25, -0.2) is 4.98 Å². The number of aryl methyl sites for hydroxylation is 1. The summed E-state index contributed by atoms with van der Waals surface area (Å²) in [5.41, 5.74) is 1.22. The molecule has 1 amide bonds. The van der Waals surface area contributed by atoms with Crippen LogP contribution >= 0.6 is 0 Å². The normalized spacial score (nSPS) is 20.1. The highest BCUT2D eigenvalue weighted by molar-refractivity contribution is 5.97. The minimum Gasteiger partial charge on any atom is -0.352 e. The number of hydrogen-bond acceptors (Lipinski definition) is 4.